The molecule has 0 aliphatic carbocycles. The fourth-order valence-corrected chi connectivity index (χ4v) is 2.84. The zero-order chi connectivity index (χ0) is 20.8. The second-order valence-electron chi connectivity index (χ2n) is 6.51. The van der Waals surface area contributed by atoms with Gasteiger partial charge in [-0.1, -0.05) is 30.3 Å². The van der Waals surface area contributed by atoms with Crippen molar-refractivity contribution in [1.82, 2.24) is 9.78 Å². The second-order valence-corrected chi connectivity index (χ2v) is 6.51. The van der Waals surface area contributed by atoms with Crippen molar-refractivity contribution >= 4 is 23.6 Å². The Kier molecular flexibility index (Phi) is 5.75. The van der Waals surface area contributed by atoms with E-state index >= 15 is 0 Å². The van der Waals surface area contributed by atoms with Crippen LogP contribution in [0.2, 0.25) is 0 Å². The molecule has 1 aromatic heterocycles. The number of carbonyl (C=O) groups excluding carboxylic acids is 2. The lowest BCUT2D eigenvalue weighted by Crippen LogP contribution is -2.20. The fraction of sp³-hybridized carbons (Fsp3) is 0.136. The number of fused-ring (bicyclic) bond motifs is 1. The van der Waals surface area contributed by atoms with E-state index in [1.807, 2.05) is 36.5 Å². The Morgan fingerprint density at radius 1 is 1.13 bits per heavy atom. The van der Waals surface area contributed by atoms with Crippen molar-refractivity contribution in [2.45, 2.75) is 6.54 Å². The first-order valence-electron chi connectivity index (χ1n) is 9.26. The van der Waals surface area contributed by atoms with Crippen LogP contribution in [0.1, 0.15) is 11.1 Å². The number of carbonyl (C=O) groups is 2. The summed E-state index contributed by atoms with van der Waals surface area (Å²) in [5.41, 5.74) is 2.42. The number of rotatable bonds is 7. The Bertz CT molecular complexity index is 1080. The number of nitrogens with zero attached hydrogens (tertiary/aromatic N) is 2. The summed E-state index contributed by atoms with van der Waals surface area (Å²) in [5.74, 6) is 0.107. The van der Waals surface area contributed by atoms with Crippen LogP contribution >= 0.6 is 0 Å². The molecule has 0 bridgehead atoms. The Hall–Kier alpha value is -4.07. The summed E-state index contributed by atoms with van der Waals surface area (Å²) >= 11 is 0. The first-order chi connectivity index (χ1) is 14.7. The predicted molar refractivity (Wildman–Crippen MR) is 109 cm³/mol. The summed E-state index contributed by atoms with van der Waals surface area (Å²) in [4.78, 5) is 23.8. The van der Waals surface area contributed by atoms with Gasteiger partial charge in [0.15, 0.2) is 18.1 Å². The Labute approximate surface area is 172 Å². The number of aromatic nitrogens is 2. The fourth-order valence-electron chi connectivity index (χ4n) is 2.84. The Morgan fingerprint density at radius 2 is 1.97 bits per heavy atom. The van der Waals surface area contributed by atoms with E-state index in [1.54, 1.807) is 35.2 Å². The number of anilines is 1. The third-order valence-corrected chi connectivity index (χ3v) is 4.25. The van der Waals surface area contributed by atoms with Gasteiger partial charge >= 0.3 is 5.97 Å². The number of amides is 1. The first-order valence-corrected chi connectivity index (χ1v) is 9.26. The van der Waals surface area contributed by atoms with E-state index in [-0.39, 0.29) is 6.79 Å². The van der Waals surface area contributed by atoms with Crippen molar-refractivity contribution in [1.29, 1.82) is 0 Å². The molecular formula is C22H19N3O5. The minimum Gasteiger partial charge on any atom is -0.454 e. The highest BCUT2D eigenvalue weighted by Gasteiger charge is 2.14. The van der Waals surface area contributed by atoms with Gasteiger partial charge in [0, 0.05) is 29.6 Å². The smallest absolute Gasteiger partial charge is 0.331 e. The predicted octanol–water partition coefficient (Wildman–Crippen LogP) is 2.86. The van der Waals surface area contributed by atoms with Crippen LogP contribution < -0.4 is 14.8 Å². The SMILES string of the molecule is O=C(COC(=O)/C=C/c1cnn(Cc2ccccc2)c1)Nc1ccc2c(c1)OCO2. The standard InChI is InChI=1S/C22H19N3O5/c26-21(24-18-7-8-19-20(10-18)30-15-29-19)14-28-22(27)9-6-17-11-23-25(13-17)12-16-4-2-1-3-5-16/h1-11,13H,12,14-15H2,(H,24,26)/b9-6+. The molecule has 0 spiro atoms. The number of esters is 1. The molecule has 1 N–H and O–H groups in total. The van der Waals surface area contributed by atoms with Crippen molar-refractivity contribution in [3.05, 3.63) is 78.1 Å². The van der Waals surface area contributed by atoms with Gasteiger partial charge in [0.05, 0.1) is 12.7 Å². The zero-order valence-electron chi connectivity index (χ0n) is 16.0. The molecule has 4 rings (SSSR count). The van der Waals surface area contributed by atoms with Gasteiger partial charge in [-0.05, 0) is 23.8 Å². The van der Waals surface area contributed by atoms with Crippen LogP contribution in [0.15, 0.2) is 67.0 Å². The maximum absolute atomic E-state index is 12.0. The lowest BCUT2D eigenvalue weighted by atomic mass is 10.2. The highest BCUT2D eigenvalue weighted by molar-refractivity contribution is 5.94. The van der Waals surface area contributed by atoms with Crippen LogP contribution in [0.3, 0.4) is 0 Å². The molecule has 1 aliphatic rings. The summed E-state index contributed by atoms with van der Waals surface area (Å²) in [7, 11) is 0. The third kappa shape index (κ3) is 5.05. The molecule has 152 valence electrons. The highest BCUT2D eigenvalue weighted by Crippen LogP contribution is 2.34. The van der Waals surface area contributed by atoms with E-state index < -0.39 is 18.5 Å². The van der Waals surface area contributed by atoms with Crippen LogP contribution in [0.5, 0.6) is 11.5 Å². The minimum atomic E-state index is -0.619. The van der Waals surface area contributed by atoms with Crippen LogP contribution in [0.4, 0.5) is 5.69 Å². The number of hydrogen-bond acceptors (Lipinski definition) is 6. The molecule has 0 fully saturated rings. The lowest BCUT2D eigenvalue weighted by Gasteiger charge is -2.06. The molecule has 0 atom stereocenters. The third-order valence-electron chi connectivity index (χ3n) is 4.25. The molecule has 0 unspecified atom stereocenters. The molecule has 0 radical (unpaired) electrons. The molecule has 0 saturated carbocycles. The normalized spacial score (nSPS) is 12.1. The maximum Gasteiger partial charge on any atom is 0.331 e. The van der Waals surface area contributed by atoms with E-state index in [2.05, 4.69) is 10.4 Å². The van der Waals surface area contributed by atoms with Crippen LogP contribution in [0, 0.1) is 0 Å². The summed E-state index contributed by atoms with van der Waals surface area (Å²) in [6.07, 6.45) is 6.33. The number of ether oxygens (including phenoxy) is 3. The van der Waals surface area contributed by atoms with E-state index in [1.165, 1.54) is 6.08 Å². The second kappa shape index (κ2) is 8.95. The summed E-state index contributed by atoms with van der Waals surface area (Å²) < 4.78 is 17.2. The minimum absolute atomic E-state index is 0.155. The average Bonchev–Trinajstić information content (AvgIpc) is 3.40. The molecule has 8 nitrogen and oxygen atoms in total. The van der Waals surface area contributed by atoms with Crippen molar-refractivity contribution in [3.63, 3.8) is 0 Å². The summed E-state index contributed by atoms with van der Waals surface area (Å²) in [6, 6.07) is 15.0. The molecule has 2 aromatic carbocycles. The Morgan fingerprint density at radius 3 is 2.83 bits per heavy atom. The summed E-state index contributed by atoms with van der Waals surface area (Å²) in [6.45, 7) is 0.395. The van der Waals surface area contributed by atoms with Gasteiger partial charge in [-0.15, -0.1) is 0 Å². The highest BCUT2D eigenvalue weighted by atomic mass is 16.7. The van der Waals surface area contributed by atoms with Crippen LogP contribution in [0.25, 0.3) is 6.08 Å². The zero-order valence-corrected chi connectivity index (χ0v) is 16.0. The van der Waals surface area contributed by atoms with E-state index in [4.69, 9.17) is 14.2 Å². The van der Waals surface area contributed by atoms with E-state index in [0.29, 0.717) is 23.7 Å². The van der Waals surface area contributed by atoms with Crippen LogP contribution in [-0.2, 0) is 20.9 Å². The molecule has 3 aromatic rings. The first kappa shape index (κ1) is 19.3. The van der Waals surface area contributed by atoms with Gasteiger partial charge in [0.25, 0.3) is 5.91 Å². The maximum atomic E-state index is 12.0. The lowest BCUT2D eigenvalue weighted by molar-refractivity contribution is -0.142. The van der Waals surface area contributed by atoms with Gasteiger partial charge in [-0.3, -0.25) is 9.48 Å². The topological polar surface area (TPSA) is 91.7 Å². The Balaban J connectivity index is 1.23. The van der Waals surface area contributed by atoms with Gasteiger partial charge in [0.1, 0.15) is 0 Å². The molecule has 1 aliphatic heterocycles. The molecule has 30 heavy (non-hydrogen) atoms. The monoisotopic (exact) mass is 405 g/mol. The summed E-state index contributed by atoms with van der Waals surface area (Å²) in [5, 5.41) is 6.90. The van der Waals surface area contributed by atoms with E-state index in [9.17, 15) is 9.59 Å². The van der Waals surface area contributed by atoms with Gasteiger partial charge < -0.3 is 19.5 Å². The molecule has 8 heteroatoms. The molecule has 1 amide bonds. The van der Waals surface area contributed by atoms with E-state index in [0.717, 1.165) is 11.1 Å². The van der Waals surface area contributed by atoms with Crippen LogP contribution in [-0.4, -0.2) is 35.1 Å². The van der Waals surface area contributed by atoms with Crippen molar-refractivity contribution in [2.24, 2.45) is 0 Å². The molecular weight excluding hydrogens is 386 g/mol. The quantitative estimate of drug-likeness (QED) is 0.480. The van der Waals surface area contributed by atoms with Crippen molar-refractivity contribution < 1.29 is 23.8 Å². The average molecular weight is 405 g/mol. The molecule has 0 saturated heterocycles. The molecule has 2 heterocycles. The largest absolute Gasteiger partial charge is 0.454 e. The van der Waals surface area contributed by atoms with Gasteiger partial charge in [-0.25, -0.2) is 4.79 Å². The van der Waals surface area contributed by atoms with Gasteiger partial charge in [0.2, 0.25) is 6.79 Å². The number of benzene rings is 2. The number of nitrogens with one attached hydrogen (secondary N) is 1. The van der Waals surface area contributed by atoms with Crippen molar-refractivity contribution in [3.8, 4) is 11.5 Å². The number of hydrogen-bond donors (Lipinski definition) is 1. The van der Waals surface area contributed by atoms with Gasteiger partial charge in [-0.2, -0.15) is 5.10 Å². The van der Waals surface area contributed by atoms with Crippen molar-refractivity contribution in [2.75, 3.05) is 18.7 Å².